The maximum absolute atomic E-state index is 11.4. The van der Waals surface area contributed by atoms with Gasteiger partial charge >= 0.3 is 5.97 Å². The van der Waals surface area contributed by atoms with Gasteiger partial charge in [-0.15, -0.1) is 0 Å². The number of cyclic esters (lactones) is 1. The zero-order chi connectivity index (χ0) is 23.2. The van der Waals surface area contributed by atoms with Crippen LogP contribution < -0.4 is 9.47 Å². The number of rotatable bonds is 12. The lowest BCUT2D eigenvalue weighted by Crippen LogP contribution is -2.26. The molecule has 3 atom stereocenters. The van der Waals surface area contributed by atoms with Gasteiger partial charge in [0.15, 0.2) is 11.5 Å². The number of halogens is 1. The van der Waals surface area contributed by atoms with Crippen LogP contribution in [-0.4, -0.2) is 44.3 Å². The van der Waals surface area contributed by atoms with Gasteiger partial charge in [0.05, 0.1) is 18.5 Å². The van der Waals surface area contributed by atoms with Crippen molar-refractivity contribution in [2.75, 3.05) is 27.4 Å². The summed E-state index contributed by atoms with van der Waals surface area (Å²) in [7, 11) is 3.35. The Morgan fingerprint density at radius 1 is 1.16 bits per heavy atom. The Bertz CT molecular complexity index is 634. The summed E-state index contributed by atoms with van der Waals surface area (Å²) in [5.41, 5.74) is 1.23. The van der Waals surface area contributed by atoms with E-state index in [2.05, 4.69) is 55.8 Å². The number of carbonyl (C=O) groups excluding carboxylic acids is 1. The van der Waals surface area contributed by atoms with Crippen LogP contribution in [0, 0.1) is 11.8 Å². The highest BCUT2D eigenvalue weighted by molar-refractivity contribution is 9.09. The molecule has 0 aromatic heterocycles. The fourth-order valence-electron chi connectivity index (χ4n) is 3.48. The number of hydrogen-bond donors (Lipinski definition) is 0. The fourth-order valence-corrected chi connectivity index (χ4v) is 4.34. The summed E-state index contributed by atoms with van der Waals surface area (Å²) in [5.74, 6) is 2.43. The highest BCUT2D eigenvalue weighted by atomic mass is 79.9. The second-order valence-electron chi connectivity index (χ2n) is 8.41. The van der Waals surface area contributed by atoms with Crippen LogP contribution in [0.4, 0.5) is 0 Å². The van der Waals surface area contributed by atoms with Crippen LogP contribution in [0.5, 0.6) is 11.5 Å². The quantitative estimate of drug-likeness (QED) is 0.194. The molecule has 0 spiro atoms. The molecule has 2 rings (SSSR count). The highest BCUT2D eigenvalue weighted by Crippen LogP contribution is 2.34. The molecule has 0 N–H and O–H groups in total. The lowest BCUT2D eigenvalue weighted by molar-refractivity contribution is -0.141. The first-order valence-electron chi connectivity index (χ1n) is 11.5. The van der Waals surface area contributed by atoms with E-state index in [1.54, 1.807) is 14.2 Å². The van der Waals surface area contributed by atoms with Gasteiger partial charge in [0.25, 0.3) is 0 Å². The Morgan fingerprint density at radius 2 is 1.87 bits per heavy atom. The van der Waals surface area contributed by atoms with E-state index >= 15 is 0 Å². The second-order valence-corrected chi connectivity index (χ2v) is 9.59. The van der Waals surface area contributed by atoms with Crippen LogP contribution in [0.25, 0.3) is 0 Å². The minimum Gasteiger partial charge on any atom is -0.493 e. The van der Waals surface area contributed by atoms with Crippen LogP contribution in [0.3, 0.4) is 0 Å². The number of benzene rings is 1. The molecule has 178 valence electrons. The standard InChI is InChI=1S/C22H33BrO5.C3H8/c1-15(2)17(14-18(23)19-8-9-22(24)28-19)12-16-6-7-20(26-4)21(13-16)27-11-5-10-25-3;1-3-2/h6-7,13,15,17-19H,5,8-12,14H2,1-4H3;3H2,1-2H3. The van der Waals surface area contributed by atoms with Gasteiger partial charge in [-0.2, -0.15) is 0 Å². The Morgan fingerprint density at radius 3 is 2.42 bits per heavy atom. The molecule has 6 heteroatoms. The van der Waals surface area contributed by atoms with Crippen molar-refractivity contribution in [3.8, 4) is 11.5 Å². The van der Waals surface area contributed by atoms with Gasteiger partial charge in [0.2, 0.25) is 0 Å². The molecular formula is C25H41BrO5. The third-order valence-electron chi connectivity index (χ3n) is 5.27. The van der Waals surface area contributed by atoms with E-state index in [4.69, 9.17) is 18.9 Å². The van der Waals surface area contributed by atoms with Crippen molar-refractivity contribution in [2.24, 2.45) is 11.8 Å². The summed E-state index contributed by atoms with van der Waals surface area (Å²) in [6.45, 7) is 10.0. The van der Waals surface area contributed by atoms with Gasteiger partial charge in [0, 0.05) is 26.6 Å². The van der Waals surface area contributed by atoms with Gasteiger partial charge in [0.1, 0.15) is 6.10 Å². The summed E-state index contributed by atoms with van der Waals surface area (Å²) in [6.07, 6.45) is 5.32. The van der Waals surface area contributed by atoms with Gasteiger partial charge in [-0.05, 0) is 48.8 Å². The predicted molar refractivity (Wildman–Crippen MR) is 129 cm³/mol. The maximum Gasteiger partial charge on any atom is 0.306 e. The SMILES string of the molecule is CCC.COCCCOc1cc(CC(CC(Br)C2CCC(=O)O2)C(C)C)ccc1OC. The molecular weight excluding hydrogens is 460 g/mol. The molecule has 1 aliphatic heterocycles. The number of esters is 1. The number of hydrogen-bond acceptors (Lipinski definition) is 5. The first-order valence-corrected chi connectivity index (χ1v) is 12.4. The van der Waals surface area contributed by atoms with Crippen LogP contribution in [-0.2, 0) is 20.7 Å². The molecule has 1 aromatic rings. The lowest BCUT2D eigenvalue weighted by Gasteiger charge is -2.26. The third kappa shape index (κ3) is 10.3. The first kappa shape index (κ1) is 27.8. The summed E-state index contributed by atoms with van der Waals surface area (Å²) < 4.78 is 21.9. The van der Waals surface area contributed by atoms with Crippen molar-refractivity contribution in [3.63, 3.8) is 0 Å². The van der Waals surface area contributed by atoms with Crippen molar-refractivity contribution in [1.82, 2.24) is 0 Å². The van der Waals surface area contributed by atoms with E-state index in [0.717, 1.165) is 37.2 Å². The summed E-state index contributed by atoms with van der Waals surface area (Å²) in [4.78, 5) is 11.6. The van der Waals surface area contributed by atoms with E-state index in [0.29, 0.717) is 31.5 Å². The number of alkyl halides is 1. The van der Waals surface area contributed by atoms with Crippen molar-refractivity contribution in [2.45, 2.75) is 77.2 Å². The van der Waals surface area contributed by atoms with E-state index in [-0.39, 0.29) is 16.9 Å². The van der Waals surface area contributed by atoms with Crippen LogP contribution in [0.1, 0.15) is 65.4 Å². The largest absolute Gasteiger partial charge is 0.493 e. The minimum atomic E-state index is -0.0824. The average molecular weight is 502 g/mol. The first-order chi connectivity index (χ1) is 14.9. The Kier molecular flexibility index (Phi) is 13.9. The van der Waals surface area contributed by atoms with Crippen molar-refractivity contribution >= 4 is 21.9 Å². The smallest absolute Gasteiger partial charge is 0.306 e. The monoisotopic (exact) mass is 500 g/mol. The van der Waals surface area contributed by atoms with Crippen molar-refractivity contribution in [1.29, 1.82) is 0 Å². The average Bonchev–Trinajstić information content (AvgIpc) is 3.18. The molecule has 0 aliphatic carbocycles. The summed E-state index contributed by atoms with van der Waals surface area (Å²) >= 11 is 3.77. The van der Waals surface area contributed by atoms with Gasteiger partial charge < -0.3 is 18.9 Å². The third-order valence-corrected chi connectivity index (χ3v) is 6.23. The van der Waals surface area contributed by atoms with Crippen molar-refractivity contribution in [3.05, 3.63) is 23.8 Å². The Balaban J connectivity index is 0.00000151. The van der Waals surface area contributed by atoms with Crippen LogP contribution in [0.2, 0.25) is 0 Å². The van der Waals surface area contributed by atoms with Crippen LogP contribution in [0.15, 0.2) is 18.2 Å². The molecule has 0 bridgehead atoms. The fraction of sp³-hybridized carbons (Fsp3) is 0.720. The summed E-state index contributed by atoms with van der Waals surface area (Å²) in [5, 5.41) is 0. The van der Waals surface area contributed by atoms with E-state index in [1.165, 1.54) is 12.0 Å². The highest BCUT2D eigenvalue weighted by Gasteiger charge is 2.31. The van der Waals surface area contributed by atoms with Gasteiger partial charge in [-0.3, -0.25) is 4.79 Å². The molecule has 0 amide bonds. The predicted octanol–water partition coefficient (Wildman–Crippen LogP) is 6.20. The van der Waals surface area contributed by atoms with Crippen molar-refractivity contribution < 1.29 is 23.7 Å². The molecule has 3 unspecified atom stereocenters. The Labute approximate surface area is 197 Å². The molecule has 0 saturated carbocycles. The van der Waals surface area contributed by atoms with E-state index < -0.39 is 0 Å². The molecule has 1 aliphatic rings. The zero-order valence-corrected chi connectivity index (χ0v) is 21.7. The molecule has 0 radical (unpaired) electrons. The number of methoxy groups -OCH3 is 2. The minimum absolute atomic E-state index is 0.00991. The molecule has 31 heavy (non-hydrogen) atoms. The topological polar surface area (TPSA) is 54.0 Å². The molecule has 1 aromatic carbocycles. The van der Waals surface area contributed by atoms with Gasteiger partial charge in [-0.25, -0.2) is 0 Å². The molecule has 1 saturated heterocycles. The normalized spacial score (nSPS) is 17.5. The van der Waals surface area contributed by atoms with Gasteiger partial charge in [-0.1, -0.05) is 56.1 Å². The zero-order valence-electron chi connectivity index (χ0n) is 20.1. The number of carbonyl (C=O) groups is 1. The second kappa shape index (κ2) is 15.5. The van der Waals surface area contributed by atoms with Crippen LogP contribution >= 0.6 is 15.9 Å². The number of ether oxygens (including phenoxy) is 4. The molecule has 5 nitrogen and oxygen atoms in total. The maximum atomic E-state index is 11.4. The molecule has 1 heterocycles. The molecule has 1 fully saturated rings. The van der Waals surface area contributed by atoms with E-state index in [9.17, 15) is 4.79 Å². The van der Waals surface area contributed by atoms with E-state index in [1.807, 2.05) is 6.07 Å². The lowest BCUT2D eigenvalue weighted by atomic mass is 9.84. The summed E-state index contributed by atoms with van der Waals surface area (Å²) in [6, 6.07) is 6.16. The Hall–Kier alpha value is -1.27.